The molecular formula is C12H9BrF2N4O2. The van der Waals surface area contributed by atoms with Gasteiger partial charge < -0.3 is 4.74 Å². The van der Waals surface area contributed by atoms with Crippen LogP contribution in [0.2, 0.25) is 0 Å². The van der Waals surface area contributed by atoms with E-state index in [0.717, 1.165) is 12.3 Å². The van der Waals surface area contributed by atoms with Crippen LogP contribution in [0.25, 0.3) is 0 Å². The van der Waals surface area contributed by atoms with Gasteiger partial charge in [-0.15, -0.1) is 0 Å². The lowest BCUT2D eigenvalue weighted by Crippen LogP contribution is -2.29. The topological polar surface area (TPSA) is 76.1 Å². The van der Waals surface area contributed by atoms with Gasteiger partial charge in [0, 0.05) is 12.3 Å². The third-order valence-corrected chi connectivity index (χ3v) is 2.94. The second-order valence-electron chi connectivity index (χ2n) is 3.79. The molecule has 2 aromatic rings. The number of nitrogens with one attached hydrogen (secondary N) is 2. The minimum Gasteiger partial charge on any atom is -0.479 e. The van der Waals surface area contributed by atoms with Gasteiger partial charge >= 0.3 is 0 Å². The number of halogens is 3. The molecule has 2 aromatic heterocycles. The number of hydrazine groups is 1. The number of anilines is 1. The Hall–Kier alpha value is -2.29. The zero-order valence-corrected chi connectivity index (χ0v) is 12.2. The summed E-state index contributed by atoms with van der Waals surface area (Å²) in [6.07, 6.45) is 2.35. The second-order valence-corrected chi connectivity index (χ2v) is 4.65. The molecule has 0 unspecified atom stereocenters. The zero-order chi connectivity index (χ0) is 15.4. The molecule has 0 aromatic carbocycles. The van der Waals surface area contributed by atoms with Crippen molar-refractivity contribution in [2.45, 2.75) is 0 Å². The Bertz CT molecular complexity index is 684. The van der Waals surface area contributed by atoms with Crippen LogP contribution in [-0.2, 0) is 0 Å². The first-order valence-corrected chi connectivity index (χ1v) is 6.37. The Morgan fingerprint density at radius 2 is 2.05 bits per heavy atom. The smallest absolute Gasteiger partial charge is 0.271 e. The highest BCUT2D eigenvalue weighted by Crippen LogP contribution is 2.17. The monoisotopic (exact) mass is 358 g/mol. The van der Waals surface area contributed by atoms with E-state index < -0.39 is 17.7 Å². The molecule has 0 radical (unpaired) electrons. The van der Waals surface area contributed by atoms with Crippen molar-refractivity contribution < 1.29 is 18.3 Å². The number of methoxy groups -OCH3 is 1. The van der Waals surface area contributed by atoms with E-state index in [0.29, 0.717) is 0 Å². The number of aromatic nitrogens is 2. The Labute approximate surface area is 126 Å². The van der Waals surface area contributed by atoms with Crippen LogP contribution in [0.15, 0.2) is 29.0 Å². The molecule has 0 bridgehead atoms. The van der Waals surface area contributed by atoms with Crippen LogP contribution in [0.4, 0.5) is 14.5 Å². The maximum atomic E-state index is 13.4. The van der Waals surface area contributed by atoms with E-state index in [1.54, 1.807) is 0 Å². The first-order valence-electron chi connectivity index (χ1n) is 5.58. The number of hydrogen-bond acceptors (Lipinski definition) is 5. The Morgan fingerprint density at radius 1 is 1.29 bits per heavy atom. The van der Waals surface area contributed by atoms with Gasteiger partial charge in [-0.25, -0.2) is 14.4 Å². The molecule has 0 fully saturated rings. The van der Waals surface area contributed by atoms with Crippen LogP contribution in [0, 0.1) is 11.8 Å². The molecule has 0 aliphatic rings. The van der Waals surface area contributed by atoms with Crippen molar-refractivity contribution in [1.82, 2.24) is 15.4 Å². The van der Waals surface area contributed by atoms with Crippen LogP contribution in [0.1, 0.15) is 10.4 Å². The maximum Gasteiger partial charge on any atom is 0.271 e. The SMILES string of the molecule is COc1ncc(NNC(=O)c2cnc(F)c(Br)c2)cc1F. The number of hydrogen-bond donors (Lipinski definition) is 2. The van der Waals surface area contributed by atoms with Crippen LogP contribution >= 0.6 is 15.9 Å². The van der Waals surface area contributed by atoms with Gasteiger partial charge in [-0.3, -0.25) is 15.6 Å². The number of carbonyl (C=O) groups excluding carboxylic acids is 1. The molecule has 0 saturated carbocycles. The van der Waals surface area contributed by atoms with Crippen molar-refractivity contribution >= 4 is 27.5 Å². The molecule has 2 rings (SSSR count). The summed E-state index contributed by atoms with van der Waals surface area (Å²) in [5, 5.41) is 0. The van der Waals surface area contributed by atoms with Crippen molar-refractivity contribution in [2.24, 2.45) is 0 Å². The molecule has 110 valence electrons. The summed E-state index contributed by atoms with van der Waals surface area (Å²) in [5.41, 5.74) is 5.12. The minimum absolute atomic E-state index is 0.0623. The fraction of sp³-hybridized carbons (Fsp3) is 0.0833. The summed E-state index contributed by atoms with van der Waals surface area (Å²) < 4.78 is 31.1. The molecule has 0 atom stereocenters. The van der Waals surface area contributed by atoms with E-state index in [1.807, 2.05) is 0 Å². The normalized spacial score (nSPS) is 10.1. The molecular weight excluding hydrogens is 350 g/mol. The van der Waals surface area contributed by atoms with Gasteiger partial charge in [-0.05, 0) is 22.0 Å². The van der Waals surface area contributed by atoms with Crippen molar-refractivity contribution in [2.75, 3.05) is 12.5 Å². The lowest BCUT2D eigenvalue weighted by atomic mass is 10.3. The van der Waals surface area contributed by atoms with E-state index in [4.69, 9.17) is 0 Å². The first-order chi connectivity index (χ1) is 10.0. The Kier molecular flexibility index (Phi) is 4.63. The highest BCUT2D eigenvalue weighted by Gasteiger charge is 2.10. The summed E-state index contributed by atoms with van der Waals surface area (Å²) in [4.78, 5) is 18.9. The molecule has 2 heterocycles. The van der Waals surface area contributed by atoms with Gasteiger partial charge in [0.05, 0.1) is 29.0 Å². The van der Waals surface area contributed by atoms with Gasteiger partial charge in [0.25, 0.3) is 5.91 Å². The van der Waals surface area contributed by atoms with Crippen molar-refractivity contribution in [1.29, 1.82) is 0 Å². The highest BCUT2D eigenvalue weighted by atomic mass is 79.9. The van der Waals surface area contributed by atoms with Gasteiger partial charge in [-0.2, -0.15) is 4.39 Å². The number of carbonyl (C=O) groups is 1. The van der Waals surface area contributed by atoms with Gasteiger partial charge in [-0.1, -0.05) is 0 Å². The standard InChI is InChI=1S/C12H9BrF2N4O2/c1-21-12-9(14)3-7(5-17-12)18-19-11(20)6-2-8(13)10(15)16-4-6/h2-5,18H,1H3,(H,19,20). The third kappa shape index (κ3) is 3.63. The molecule has 1 amide bonds. The number of rotatable bonds is 4. The van der Waals surface area contributed by atoms with Gasteiger partial charge in [0.15, 0.2) is 5.82 Å². The summed E-state index contributed by atoms with van der Waals surface area (Å²) in [6.45, 7) is 0. The summed E-state index contributed by atoms with van der Waals surface area (Å²) in [6, 6.07) is 2.37. The van der Waals surface area contributed by atoms with Crippen LogP contribution in [-0.4, -0.2) is 23.0 Å². The molecule has 0 aliphatic carbocycles. The molecule has 0 saturated heterocycles. The fourth-order valence-electron chi connectivity index (χ4n) is 1.39. The quantitative estimate of drug-likeness (QED) is 0.647. The zero-order valence-electron chi connectivity index (χ0n) is 10.7. The molecule has 21 heavy (non-hydrogen) atoms. The lowest BCUT2D eigenvalue weighted by Gasteiger charge is -2.09. The average Bonchev–Trinajstić information content (AvgIpc) is 2.47. The highest BCUT2D eigenvalue weighted by molar-refractivity contribution is 9.10. The van der Waals surface area contributed by atoms with Crippen LogP contribution in [0.5, 0.6) is 5.88 Å². The molecule has 2 N–H and O–H groups in total. The summed E-state index contributed by atoms with van der Waals surface area (Å²) >= 11 is 2.92. The van der Waals surface area contributed by atoms with Crippen molar-refractivity contribution in [3.8, 4) is 5.88 Å². The number of amides is 1. The fourth-order valence-corrected chi connectivity index (χ4v) is 1.74. The number of ether oxygens (including phenoxy) is 1. The molecule has 0 spiro atoms. The molecule has 9 heteroatoms. The van der Waals surface area contributed by atoms with Gasteiger partial charge in [0.2, 0.25) is 11.8 Å². The van der Waals surface area contributed by atoms with Crippen molar-refractivity contribution in [3.05, 3.63) is 46.3 Å². The summed E-state index contributed by atoms with van der Waals surface area (Å²) in [5.74, 6) is -2.12. The number of nitrogens with zero attached hydrogens (tertiary/aromatic N) is 2. The Balaban J connectivity index is 2.03. The summed E-state index contributed by atoms with van der Waals surface area (Å²) in [7, 11) is 1.29. The third-order valence-electron chi connectivity index (χ3n) is 2.38. The predicted octanol–water partition coefficient (Wildman–Crippen LogP) is 2.28. The average molecular weight is 359 g/mol. The maximum absolute atomic E-state index is 13.4. The van der Waals surface area contributed by atoms with Gasteiger partial charge in [0.1, 0.15) is 0 Å². The van der Waals surface area contributed by atoms with E-state index in [9.17, 15) is 13.6 Å². The van der Waals surface area contributed by atoms with Crippen LogP contribution in [0.3, 0.4) is 0 Å². The predicted molar refractivity (Wildman–Crippen MR) is 73.7 cm³/mol. The van der Waals surface area contributed by atoms with E-state index in [2.05, 4.69) is 41.5 Å². The van der Waals surface area contributed by atoms with E-state index >= 15 is 0 Å². The number of pyridine rings is 2. The largest absolute Gasteiger partial charge is 0.479 e. The van der Waals surface area contributed by atoms with E-state index in [-0.39, 0.29) is 21.6 Å². The molecule has 0 aliphatic heterocycles. The van der Waals surface area contributed by atoms with Crippen LogP contribution < -0.4 is 15.6 Å². The first kappa shape index (κ1) is 15.1. The van der Waals surface area contributed by atoms with E-state index in [1.165, 1.54) is 19.4 Å². The minimum atomic E-state index is -0.721. The van der Waals surface area contributed by atoms with Crippen molar-refractivity contribution in [3.63, 3.8) is 0 Å². The molecule has 6 nitrogen and oxygen atoms in total. The lowest BCUT2D eigenvalue weighted by molar-refractivity contribution is 0.0962. The Morgan fingerprint density at radius 3 is 2.67 bits per heavy atom. The second kappa shape index (κ2) is 6.44.